The summed E-state index contributed by atoms with van der Waals surface area (Å²) in [5.74, 6) is 0.388. The molecule has 0 amide bonds. The van der Waals surface area contributed by atoms with Crippen molar-refractivity contribution in [2.45, 2.75) is 6.61 Å². The number of carbonyl (C=O) groups excluding carboxylic acids is 1. The molecule has 0 saturated carbocycles. The van der Waals surface area contributed by atoms with Gasteiger partial charge in [0.1, 0.15) is 6.61 Å². The van der Waals surface area contributed by atoms with Crippen molar-refractivity contribution in [1.29, 1.82) is 0 Å². The number of hydrogen-bond donors (Lipinski definition) is 0. The Hall–Kier alpha value is -1.91. The quantitative estimate of drug-likeness (QED) is 0.604. The Kier molecular flexibility index (Phi) is 4.41. The van der Waals surface area contributed by atoms with Crippen LogP contribution >= 0.6 is 27.5 Å². The number of pyridine rings is 1. The molecule has 1 heterocycles. The predicted octanol–water partition coefficient (Wildman–Crippen LogP) is 4.96. The van der Waals surface area contributed by atoms with Crippen LogP contribution in [0.15, 0.2) is 59.1 Å². The Morgan fingerprint density at radius 2 is 1.91 bits per heavy atom. The van der Waals surface area contributed by atoms with Gasteiger partial charge in [-0.15, -0.1) is 0 Å². The minimum Gasteiger partial charge on any atom is -0.486 e. The number of carbonyl (C=O) groups is 1. The minimum atomic E-state index is -0.634. The van der Waals surface area contributed by atoms with Gasteiger partial charge in [0.15, 0.2) is 11.4 Å². The molecule has 3 aromatic rings. The molecule has 0 N–H and O–H groups in total. The molecule has 0 fully saturated rings. The van der Waals surface area contributed by atoms with Crippen molar-refractivity contribution in [3.63, 3.8) is 0 Å². The highest BCUT2D eigenvalue weighted by atomic mass is 79.9. The lowest BCUT2D eigenvalue weighted by Crippen LogP contribution is -2.03. The highest BCUT2D eigenvalue weighted by molar-refractivity contribution is 9.10. The molecule has 0 aliphatic rings. The van der Waals surface area contributed by atoms with Gasteiger partial charge in [0.05, 0.1) is 5.52 Å². The molecular weight excluding hydrogens is 366 g/mol. The zero-order chi connectivity index (χ0) is 15.5. The maximum absolute atomic E-state index is 11.6. The first-order valence-electron chi connectivity index (χ1n) is 6.60. The molecule has 0 atom stereocenters. The van der Waals surface area contributed by atoms with Crippen LogP contribution in [0.25, 0.3) is 10.9 Å². The van der Waals surface area contributed by atoms with Crippen LogP contribution in [-0.4, -0.2) is 10.2 Å². The number of benzene rings is 2. The average molecular weight is 377 g/mol. The summed E-state index contributed by atoms with van der Waals surface area (Å²) in [7, 11) is 0. The van der Waals surface area contributed by atoms with Gasteiger partial charge in [0.25, 0.3) is 5.24 Å². The third-order valence-electron chi connectivity index (χ3n) is 3.17. The summed E-state index contributed by atoms with van der Waals surface area (Å²) in [5.41, 5.74) is 1.82. The molecule has 22 heavy (non-hydrogen) atoms. The number of halogens is 2. The molecule has 0 saturated heterocycles. The van der Waals surface area contributed by atoms with Gasteiger partial charge in [0, 0.05) is 9.86 Å². The summed E-state index contributed by atoms with van der Waals surface area (Å²) in [4.78, 5) is 15.9. The molecule has 0 unspecified atom stereocenters. The van der Waals surface area contributed by atoms with Crippen LogP contribution in [0.5, 0.6) is 5.75 Å². The van der Waals surface area contributed by atoms with E-state index >= 15 is 0 Å². The molecule has 0 spiro atoms. The predicted molar refractivity (Wildman–Crippen MR) is 90.4 cm³/mol. The zero-order valence-electron chi connectivity index (χ0n) is 11.4. The minimum absolute atomic E-state index is 0.128. The Labute approximate surface area is 141 Å². The van der Waals surface area contributed by atoms with E-state index in [0.717, 1.165) is 15.4 Å². The van der Waals surface area contributed by atoms with E-state index in [1.165, 1.54) is 0 Å². The molecule has 5 heteroatoms. The smallest absolute Gasteiger partial charge is 0.274 e. The van der Waals surface area contributed by atoms with Crippen molar-refractivity contribution >= 4 is 43.7 Å². The van der Waals surface area contributed by atoms with E-state index in [-0.39, 0.29) is 5.69 Å². The van der Waals surface area contributed by atoms with E-state index < -0.39 is 5.24 Å². The Morgan fingerprint density at radius 3 is 2.64 bits per heavy atom. The van der Waals surface area contributed by atoms with Crippen molar-refractivity contribution in [3.8, 4) is 5.75 Å². The van der Waals surface area contributed by atoms with Gasteiger partial charge in [-0.2, -0.15) is 0 Å². The standard InChI is InChI=1S/C17H11BrClNO2/c18-13-7-6-12-8-15(16(17(19)21)20-14(12)9-13)22-10-11-4-2-1-3-5-11/h1-9H,10H2. The second kappa shape index (κ2) is 6.46. The lowest BCUT2D eigenvalue weighted by Gasteiger charge is -2.10. The lowest BCUT2D eigenvalue weighted by atomic mass is 10.2. The van der Waals surface area contributed by atoms with Gasteiger partial charge in [-0.1, -0.05) is 52.3 Å². The summed E-state index contributed by atoms with van der Waals surface area (Å²) in [6, 6.07) is 17.1. The van der Waals surface area contributed by atoms with Crippen molar-refractivity contribution < 1.29 is 9.53 Å². The maximum atomic E-state index is 11.6. The first-order chi connectivity index (χ1) is 10.6. The van der Waals surface area contributed by atoms with Gasteiger partial charge in [-0.3, -0.25) is 4.79 Å². The first kappa shape index (κ1) is 15.0. The number of fused-ring (bicyclic) bond motifs is 1. The van der Waals surface area contributed by atoms with Gasteiger partial charge in [0.2, 0.25) is 0 Å². The summed E-state index contributed by atoms with van der Waals surface area (Å²) >= 11 is 9.02. The van der Waals surface area contributed by atoms with Gasteiger partial charge >= 0.3 is 0 Å². The molecule has 1 aromatic heterocycles. The molecule has 0 bridgehead atoms. The second-order valence-corrected chi connectivity index (χ2v) is 5.98. The average Bonchev–Trinajstić information content (AvgIpc) is 2.53. The third kappa shape index (κ3) is 3.29. The number of rotatable bonds is 4. The Morgan fingerprint density at radius 1 is 1.14 bits per heavy atom. The molecule has 3 rings (SSSR count). The molecule has 110 valence electrons. The van der Waals surface area contributed by atoms with Crippen LogP contribution < -0.4 is 4.74 Å². The van der Waals surface area contributed by atoms with Crippen LogP contribution in [-0.2, 0) is 6.61 Å². The first-order valence-corrected chi connectivity index (χ1v) is 7.77. The fourth-order valence-electron chi connectivity index (χ4n) is 2.11. The Bertz CT molecular complexity index is 837. The van der Waals surface area contributed by atoms with Crippen molar-refractivity contribution in [2.24, 2.45) is 0 Å². The topological polar surface area (TPSA) is 39.2 Å². The zero-order valence-corrected chi connectivity index (χ0v) is 13.8. The highest BCUT2D eigenvalue weighted by Crippen LogP contribution is 2.27. The van der Waals surface area contributed by atoms with E-state index in [1.54, 1.807) is 6.07 Å². The van der Waals surface area contributed by atoms with E-state index in [9.17, 15) is 4.79 Å². The van der Waals surface area contributed by atoms with Crippen LogP contribution in [0, 0.1) is 0 Å². The molecule has 2 aromatic carbocycles. The van der Waals surface area contributed by atoms with E-state index in [4.69, 9.17) is 16.3 Å². The SMILES string of the molecule is O=C(Cl)c1nc2cc(Br)ccc2cc1OCc1ccccc1. The number of ether oxygens (including phenoxy) is 1. The normalized spacial score (nSPS) is 10.6. The van der Waals surface area contributed by atoms with E-state index in [1.807, 2.05) is 48.5 Å². The van der Waals surface area contributed by atoms with E-state index in [2.05, 4.69) is 20.9 Å². The van der Waals surface area contributed by atoms with Crippen molar-refractivity contribution in [3.05, 3.63) is 70.3 Å². The largest absolute Gasteiger partial charge is 0.486 e. The van der Waals surface area contributed by atoms with Gasteiger partial charge < -0.3 is 4.74 Å². The maximum Gasteiger partial charge on any atom is 0.274 e. The molecule has 0 aliphatic heterocycles. The third-order valence-corrected chi connectivity index (χ3v) is 3.84. The fourth-order valence-corrected chi connectivity index (χ4v) is 2.59. The summed E-state index contributed by atoms with van der Waals surface area (Å²) < 4.78 is 6.63. The van der Waals surface area contributed by atoms with Crippen LogP contribution in [0.2, 0.25) is 0 Å². The molecule has 3 nitrogen and oxygen atoms in total. The monoisotopic (exact) mass is 375 g/mol. The Balaban J connectivity index is 1.98. The molecular formula is C17H11BrClNO2. The second-order valence-electron chi connectivity index (χ2n) is 4.72. The van der Waals surface area contributed by atoms with Crippen molar-refractivity contribution in [2.75, 3.05) is 0 Å². The molecule has 0 aliphatic carbocycles. The van der Waals surface area contributed by atoms with Crippen molar-refractivity contribution in [1.82, 2.24) is 4.98 Å². The summed E-state index contributed by atoms with van der Waals surface area (Å²) in [5, 5.41) is 0.248. The highest BCUT2D eigenvalue weighted by Gasteiger charge is 2.14. The number of hydrogen-bond acceptors (Lipinski definition) is 3. The molecule has 0 radical (unpaired) electrons. The fraction of sp³-hybridized carbons (Fsp3) is 0.0588. The van der Waals surface area contributed by atoms with Crippen LogP contribution in [0.4, 0.5) is 0 Å². The van der Waals surface area contributed by atoms with Gasteiger partial charge in [-0.05, 0) is 35.4 Å². The lowest BCUT2D eigenvalue weighted by molar-refractivity contribution is 0.107. The van der Waals surface area contributed by atoms with Crippen LogP contribution in [0.3, 0.4) is 0 Å². The van der Waals surface area contributed by atoms with E-state index in [0.29, 0.717) is 17.9 Å². The summed E-state index contributed by atoms with van der Waals surface area (Å²) in [6.07, 6.45) is 0. The number of nitrogens with zero attached hydrogens (tertiary/aromatic N) is 1. The summed E-state index contributed by atoms with van der Waals surface area (Å²) in [6.45, 7) is 0.349. The van der Waals surface area contributed by atoms with Gasteiger partial charge in [-0.25, -0.2) is 4.98 Å². The van der Waals surface area contributed by atoms with Crippen LogP contribution in [0.1, 0.15) is 16.1 Å². The number of aromatic nitrogens is 1.